The number of aliphatic hydroxyl groups is 2. The molecule has 6 N–H and O–H groups in total. The van der Waals surface area contributed by atoms with Crippen molar-refractivity contribution in [1.29, 1.82) is 5.41 Å². The summed E-state index contributed by atoms with van der Waals surface area (Å²) in [5.74, 6) is -3.13. The highest BCUT2D eigenvalue weighted by Crippen LogP contribution is 2.43. The quantitative estimate of drug-likeness (QED) is 0.412. The predicted molar refractivity (Wildman–Crippen MR) is 94.6 cm³/mol. The molecule has 2 aliphatic heterocycles. The van der Waals surface area contributed by atoms with E-state index in [1.807, 2.05) is 5.32 Å². The minimum atomic E-state index is -5.45. The van der Waals surface area contributed by atoms with E-state index < -0.39 is 58.5 Å². The first-order chi connectivity index (χ1) is 13.1. The van der Waals surface area contributed by atoms with Gasteiger partial charge in [0.25, 0.3) is 5.91 Å². The van der Waals surface area contributed by atoms with Crippen LogP contribution in [-0.2, 0) is 9.53 Å². The molecule has 1 saturated heterocycles. The van der Waals surface area contributed by atoms with E-state index in [4.69, 9.17) is 15.9 Å². The summed E-state index contributed by atoms with van der Waals surface area (Å²) in [5.41, 5.74) is -0.926. The third kappa shape index (κ3) is 4.32. The molecule has 29 heavy (non-hydrogen) atoms. The second-order valence-corrected chi connectivity index (χ2v) is 8.10. The molecule has 0 aromatic carbocycles. The van der Waals surface area contributed by atoms with E-state index in [-0.39, 0.29) is 25.9 Å². The average molecular weight is 422 g/mol. The first kappa shape index (κ1) is 22.9. The number of hydrogen-bond acceptors (Lipinski definition) is 7. The van der Waals surface area contributed by atoms with Crippen LogP contribution in [0.5, 0.6) is 0 Å². The van der Waals surface area contributed by atoms with E-state index in [1.54, 1.807) is 20.8 Å². The third-order valence-electron chi connectivity index (χ3n) is 4.81. The Hall–Kier alpha value is -2.34. The smallest absolute Gasteiger partial charge is 0.424 e. The maximum absolute atomic E-state index is 13.6. The number of likely N-dealkylation sites (tertiary alicyclic amines) is 1. The number of alkyl halides is 3. The largest absolute Gasteiger partial charge is 0.444 e. The molecule has 2 rings (SSSR count). The number of nitrogens with two attached hydrogens (primary N) is 1. The molecule has 0 bridgehead atoms. The van der Waals surface area contributed by atoms with Gasteiger partial charge in [0.1, 0.15) is 11.4 Å². The van der Waals surface area contributed by atoms with Crippen molar-refractivity contribution in [3.05, 3.63) is 11.4 Å². The van der Waals surface area contributed by atoms with Crippen LogP contribution in [0.4, 0.5) is 18.0 Å². The number of carbonyl (C=O) groups is 2. The molecule has 0 radical (unpaired) electrons. The Kier molecular flexibility index (Phi) is 5.92. The Morgan fingerprint density at radius 3 is 2.28 bits per heavy atom. The van der Waals surface area contributed by atoms with Gasteiger partial charge in [-0.3, -0.25) is 4.79 Å². The van der Waals surface area contributed by atoms with Crippen LogP contribution in [0.15, 0.2) is 11.4 Å². The minimum Gasteiger partial charge on any atom is -0.444 e. The van der Waals surface area contributed by atoms with Gasteiger partial charge in [-0.15, -0.1) is 0 Å². The monoisotopic (exact) mass is 422 g/mol. The van der Waals surface area contributed by atoms with Gasteiger partial charge in [-0.25, -0.2) is 4.79 Å². The second kappa shape index (κ2) is 7.48. The summed E-state index contributed by atoms with van der Waals surface area (Å²) < 4.78 is 46.0. The van der Waals surface area contributed by atoms with Crippen LogP contribution < -0.4 is 11.1 Å². The number of aliphatic hydroxyl groups excluding tert-OH is 1. The van der Waals surface area contributed by atoms with Crippen LogP contribution in [0.25, 0.3) is 0 Å². The van der Waals surface area contributed by atoms with Gasteiger partial charge in [0, 0.05) is 24.7 Å². The predicted octanol–water partition coefficient (Wildman–Crippen LogP) is 0.608. The van der Waals surface area contributed by atoms with Crippen molar-refractivity contribution in [2.24, 2.45) is 11.7 Å². The van der Waals surface area contributed by atoms with Crippen LogP contribution in [0.2, 0.25) is 0 Å². The molecule has 0 aromatic rings. The number of rotatable bonds is 2. The number of nitrogens with zero attached hydrogens (tertiary/aromatic N) is 1. The highest BCUT2D eigenvalue weighted by Gasteiger charge is 2.66. The Morgan fingerprint density at radius 2 is 1.83 bits per heavy atom. The van der Waals surface area contributed by atoms with E-state index in [0.717, 1.165) is 0 Å². The van der Waals surface area contributed by atoms with Gasteiger partial charge in [0.15, 0.2) is 6.10 Å². The summed E-state index contributed by atoms with van der Waals surface area (Å²) >= 11 is 0. The van der Waals surface area contributed by atoms with Crippen molar-refractivity contribution >= 4 is 17.7 Å². The number of carbonyl (C=O) groups excluding carboxylic acids is 2. The molecule has 2 unspecified atom stereocenters. The summed E-state index contributed by atoms with van der Waals surface area (Å²) in [6.45, 7) is 5.33. The van der Waals surface area contributed by atoms with Crippen molar-refractivity contribution < 1.29 is 37.7 Å². The number of amides is 2. The molecular weight excluding hydrogens is 397 g/mol. The Balaban J connectivity index is 2.22. The lowest BCUT2D eigenvalue weighted by atomic mass is 9.76. The minimum absolute atomic E-state index is 0.118. The van der Waals surface area contributed by atoms with Gasteiger partial charge in [-0.05, 0) is 33.6 Å². The number of halogens is 3. The number of hydrogen-bond donors (Lipinski definition) is 5. The molecule has 0 spiro atoms. The lowest BCUT2D eigenvalue weighted by Gasteiger charge is -2.42. The van der Waals surface area contributed by atoms with Crippen molar-refractivity contribution in [2.45, 2.75) is 57.1 Å². The third-order valence-corrected chi connectivity index (χ3v) is 4.81. The van der Waals surface area contributed by atoms with E-state index in [1.165, 1.54) is 4.90 Å². The SMILES string of the molecule is CC(C)(C)OC(=O)N1CCC(C(=N)C2=C(N)NC(=O)C(O)C2(O)C(F)(F)F)CC1. The zero-order valence-electron chi connectivity index (χ0n) is 16.3. The molecule has 0 aliphatic carbocycles. The maximum Gasteiger partial charge on any atom is 0.424 e. The van der Waals surface area contributed by atoms with Crippen LogP contribution in [0, 0.1) is 11.3 Å². The Morgan fingerprint density at radius 1 is 1.31 bits per heavy atom. The summed E-state index contributed by atoms with van der Waals surface area (Å²) in [5, 5.41) is 30.1. The van der Waals surface area contributed by atoms with E-state index in [9.17, 15) is 33.0 Å². The lowest BCUT2D eigenvalue weighted by Crippen LogP contribution is -2.67. The van der Waals surface area contributed by atoms with Gasteiger partial charge in [0.05, 0.1) is 5.57 Å². The summed E-state index contributed by atoms with van der Waals surface area (Å²) in [6, 6.07) is 0. The molecule has 12 heteroatoms. The maximum atomic E-state index is 13.6. The lowest BCUT2D eigenvalue weighted by molar-refractivity contribution is -0.270. The van der Waals surface area contributed by atoms with Crippen LogP contribution >= 0.6 is 0 Å². The molecule has 2 atom stereocenters. The first-order valence-corrected chi connectivity index (χ1v) is 8.94. The molecule has 0 saturated carbocycles. The summed E-state index contributed by atoms with van der Waals surface area (Å²) in [4.78, 5) is 25.1. The Bertz CT molecular complexity index is 738. The van der Waals surface area contributed by atoms with Crippen molar-refractivity contribution in [2.75, 3.05) is 13.1 Å². The van der Waals surface area contributed by atoms with Crippen molar-refractivity contribution in [1.82, 2.24) is 10.2 Å². The second-order valence-electron chi connectivity index (χ2n) is 8.10. The van der Waals surface area contributed by atoms with Crippen LogP contribution in [-0.4, -0.2) is 69.4 Å². The average Bonchev–Trinajstić information content (AvgIpc) is 2.57. The number of nitrogens with one attached hydrogen (secondary N) is 2. The molecule has 2 amide bonds. The van der Waals surface area contributed by atoms with Gasteiger partial charge in [-0.2, -0.15) is 13.2 Å². The molecule has 2 aliphatic rings. The van der Waals surface area contributed by atoms with Crippen LogP contribution in [0.3, 0.4) is 0 Å². The Labute approximate surface area is 165 Å². The van der Waals surface area contributed by atoms with Crippen molar-refractivity contribution in [3.63, 3.8) is 0 Å². The molecule has 164 valence electrons. The van der Waals surface area contributed by atoms with Crippen LogP contribution in [0.1, 0.15) is 33.6 Å². The standard InChI is InChI=1S/C17H25F3N4O5/c1-15(2,3)29-14(27)24-6-4-8(5-7-24)10(21)9-12(22)23-13(26)11(25)16(9,28)17(18,19)20/h8,11,21,25,28H,4-7,22H2,1-3H3,(H,23,26). The molecular formula is C17H25F3N4O5. The molecule has 1 fully saturated rings. The van der Waals surface area contributed by atoms with E-state index >= 15 is 0 Å². The molecule has 9 nitrogen and oxygen atoms in total. The van der Waals surface area contributed by atoms with Gasteiger partial charge in [-0.1, -0.05) is 0 Å². The summed E-state index contributed by atoms with van der Waals surface area (Å²) in [6.07, 6.45) is -8.66. The topological polar surface area (TPSA) is 149 Å². The fourth-order valence-corrected chi connectivity index (χ4v) is 3.32. The highest BCUT2D eigenvalue weighted by molar-refractivity contribution is 6.05. The molecule has 0 aromatic heterocycles. The molecule has 2 heterocycles. The van der Waals surface area contributed by atoms with Crippen molar-refractivity contribution in [3.8, 4) is 0 Å². The van der Waals surface area contributed by atoms with E-state index in [2.05, 4.69) is 0 Å². The van der Waals surface area contributed by atoms with E-state index in [0.29, 0.717) is 0 Å². The first-order valence-electron chi connectivity index (χ1n) is 8.94. The highest BCUT2D eigenvalue weighted by atomic mass is 19.4. The fraction of sp³-hybridized carbons (Fsp3) is 0.706. The zero-order chi connectivity index (χ0) is 22.4. The number of piperidine rings is 1. The normalized spacial score (nSPS) is 27.0. The zero-order valence-corrected chi connectivity index (χ0v) is 16.3. The summed E-state index contributed by atoms with van der Waals surface area (Å²) in [7, 11) is 0. The van der Waals surface area contributed by atoms with Gasteiger partial charge < -0.3 is 36.3 Å². The van der Waals surface area contributed by atoms with Gasteiger partial charge >= 0.3 is 12.3 Å². The fourth-order valence-electron chi connectivity index (χ4n) is 3.32. The number of ether oxygens (including phenoxy) is 1. The van der Waals surface area contributed by atoms with Gasteiger partial charge in [0.2, 0.25) is 5.60 Å².